The molecule has 0 aromatic rings. The number of hydrogen-bond donors (Lipinski definition) is 0. The standard InChI is InChI=1S/C6H12OSi/c1-3-5-6-8-7-4-2/h3-4,8H2,1-2H3. The molecule has 0 amide bonds. The van der Waals surface area contributed by atoms with E-state index in [2.05, 4.69) is 11.5 Å². The molecule has 2 heteroatoms. The van der Waals surface area contributed by atoms with Crippen LogP contribution >= 0.6 is 0 Å². The summed E-state index contributed by atoms with van der Waals surface area (Å²) in [6.07, 6.45) is 0.958. The largest absolute Gasteiger partial charge is 0.411 e. The highest BCUT2D eigenvalue weighted by atomic mass is 28.2. The maximum absolute atomic E-state index is 5.10. The lowest BCUT2D eigenvalue weighted by Gasteiger charge is -1.86. The lowest BCUT2D eigenvalue weighted by Crippen LogP contribution is -1.93. The van der Waals surface area contributed by atoms with Gasteiger partial charge in [0, 0.05) is 13.0 Å². The molecule has 1 nitrogen and oxygen atoms in total. The molecule has 0 rings (SSSR count). The third kappa shape index (κ3) is 5.74. The van der Waals surface area contributed by atoms with Crippen molar-refractivity contribution >= 4 is 9.76 Å². The van der Waals surface area contributed by atoms with Crippen LogP contribution in [0, 0.1) is 11.5 Å². The quantitative estimate of drug-likeness (QED) is 0.298. The summed E-state index contributed by atoms with van der Waals surface area (Å²) in [4.78, 5) is 0. The van der Waals surface area contributed by atoms with Crippen LogP contribution in [-0.4, -0.2) is 16.4 Å². The smallest absolute Gasteiger partial charge is 0.240 e. The van der Waals surface area contributed by atoms with Gasteiger partial charge in [-0.25, -0.2) is 0 Å². The van der Waals surface area contributed by atoms with E-state index in [1.807, 2.05) is 13.8 Å². The highest BCUT2D eigenvalue weighted by Crippen LogP contribution is 1.68. The minimum absolute atomic E-state index is 0.461. The van der Waals surface area contributed by atoms with Crippen LogP contribution < -0.4 is 0 Å². The third-order valence-electron chi connectivity index (χ3n) is 0.680. The Morgan fingerprint density at radius 2 is 2.25 bits per heavy atom. The van der Waals surface area contributed by atoms with Gasteiger partial charge in [-0.3, -0.25) is 0 Å². The van der Waals surface area contributed by atoms with Gasteiger partial charge >= 0.3 is 0 Å². The summed E-state index contributed by atoms with van der Waals surface area (Å²) >= 11 is 0. The van der Waals surface area contributed by atoms with Crippen molar-refractivity contribution in [3.8, 4) is 11.5 Å². The molecule has 0 spiro atoms. The Hall–Kier alpha value is -0.263. The van der Waals surface area contributed by atoms with E-state index in [1.54, 1.807) is 0 Å². The van der Waals surface area contributed by atoms with E-state index in [4.69, 9.17) is 4.43 Å². The predicted molar refractivity (Wildman–Crippen MR) is 38.2 cm³/mol. The zero-order valence-corrected chi connectivity index (χ0v) is 6.94. The fourth-order valence-corrected chi connectivity index (χ4v) is 0.987. The van der Waals surface area contributed by atoms with Crippen LogP contribution in [0.25, 0.3) is 0 Å². The van der Waals surface area contributed by atoms with Crippen molar-refractivity contribution < 1.29 is 4.43 Å². The van der Waals surface area contributed by atoms with E-state index < -0.39 is 9.76 Å². The van der Waals surface area contributed by atoms with Crippen molar-refractivity contribution in [2.75, 3.05) is 6.61 Å². The molecule has 0 unspecified atom stereocenters. The summed E-state index contributed by atoms with van der Waals surface area (Å²) in [5.41, 5.74) is 3.00. The first-order valence-electron chi connectivity index (χ1n) is 2.95. The van der Waals surface area contributed by atoms with Gasteiger partial charge in [-0.05, 0) is 6.92 Å². The highest BCUT2D eigenvalue weighted by molar-refractivity contribution is 6.38. The van der Waals surface area contributed by atoms with Crippen molar-refractivity contribution in [3.63, 3.8) is 0 Å². The van der Waals surface area contributed by atoms with E-state index in [0.717, 1.165) is 13.0 Å². The second-order valence-corrected chi connectivity index (χ2v) is 2.39. The van der Waals surface area contributed by atoms with Crippen molar-refractivity contribution in [1.82, 2.24) is 0 Å². The van der Waals surface area contributed by atoms with E-state index >= 15 is 0 Å². The molecule has 0 fully saturated rings. The molecule has 0 aliphatic rings. The van der Waals surface area contributed by atoms with Gasteiger partial charge in [0.1, 0.15) is 0 Å². The van der Waals surface area contributed by atoms with Crippen LogP contribution in [-0.2, 0) is 4.43 Å². The lowest BCUT2D eigenvalue weighted by atomic mass is 10.5. The Morgan fingerprint density at radius 1 is 1.50 bits per heavy atom. The molecular formula is C6H12OSi. The third-order valence-corrected chi connectivity index (χ3v) is 1.69. The predicted octanol–water partition coefficient (Wildman–Crippen LogP) is 0.478. The SMILES string of the molecule is CCC#C[SiH2]OCC. The van der Waals surface area contributed by atoms with Gasteiger partial charge in [0.05, 0.1) is 0 Å². The van der Waals surface area contributed by atoms with E-state index in [-0.39, 0.29) is 0 Å². The summed E-state index contributed by atoms with van der Waals surface area (Å²) in [7, 11) is -0.461. The summed E-state index contributed by atoms with van der Waals surface area (Å²) in [5.74, 6) is 2.97. The van der Waals surface area contributed by atoms with Crippen LogP contribution in [0.2, 0.25) is 0 Å². The topological polar surface area (TPSA) is 9.23 Å². The van der Waals surface area contributed by atoms with E-state index in [1.165, 1.54) is 0 Å². The molecule has 0 bridgehead atoms. The average Bonchev–Trinajstić information content (AvgIpc) is 1.81. The average molecular weight is 128 g/mol. The van der Waals surface area contributed by atoms with Crippen LogP contribution in [0.3, 0.4) is 0 Å². The van der Waals surface area contributed by atoms with Crippen molar-refractivity contribution in [2.24, 2.45) is 0 Å². The number of rotatable bonds is 2. The van der Waals surface area contributed by atoms with Crippen molar-refractivity contribution in [2.45, 2.75) is 20.3 Å². The van der Waals surface area contributed by atoms with Gasteiger partial charge in [0.2, 0.25) is 9.76 Å². The molecule has 0 saturated carbocycles. The molecule has 0 saturated heterocycles. The maximum Gasteiger partial charge on any atom is 0.240 e. The van der Waals surface area contributed by atoms with Crippen LogP contribution in [0.1, 0.15) is 20.3 Å². The Balaban J connectivity index is 2.90. The maximum atomic E-state index is 5.10. The zero-order valence-electron chi connectivity index (χ0n) is 5.53. The molecule has 0 radical (unpaired) electrons. The Morgan fingerprint density at radius 3 is 2.75 bits per heavy atom. The first-order valence-corrected chi connectivity index (χ1v) is 4.23. The Kier molecular flexibility index (Phi) is 6.52. The summed E-state index contributed by atoms with van der Waals surface area (Å²) in [5, 5.41) is 0. The summed E-state index contributed by atoms with van der Waals surface area (Å²) in [6, 6.07) is 0. The van der Waals surface area contributed by atoms with Gasteiger partial charge in [-0.15, -0.1) is 11.5 Å². The highest BCUT2D eigenvalue weighted by Gasteiger charge is 1.73. The Bertz CT molecular complexity index is 90.4. The van der Waals surface area contributed by atoms with Gasteiger partial charge in [-0.2, -0.15) is 0 Å². The molecule has 0 aliphatic carbocycles. The van der Waals surface area contributed by atoms with E-state index in [0.29, 0.717) is 0 Å². The van der Waals surface area contributed by atoms with Gasteiger partial charge < -0.3 is 4.43 Å². The van der Waals surface area contributed by atoms with Crippen LogP contribution in [0.15, 0.2) is 0 Å². The molecule has 0 atom stereocenters. The molecular weight excluding hydrogens is 116 g/mol. The monoisotopic (exact) mass is 128 g/mol. The van der Waals surface area contributed by atoms with Crippen molar-refractivity contribution in [1.29, 1.82) is 0 Å². The van der Waals surface area contributed by atoms with Gasteiger partial charge in [0.15, 0.2) is 0 Å². The summed E-state index contributed by atoms with van der Waals surface area (Å²) in [6.45, 7) is 4.87. The molecule has 0 aliphatic heterocycles. The van der Waals surface area contributed by atoms with E-state index in [9.17, 15) is 0 Å². The van der Waals surface area contributed by atoms with Crippen LogP contribution in [0.5, 0.6) is 0 Å². The fraction of sp³-hybridized carbons (Fsp3) is 0.667. The molecule has 0 aromatic heterocycles. The minimum atomic E-state index is -0.461. The zero-order chi connectivity index (χ0) is 6.24. The molecule has 0 N–H and O–H groups in total. The second-order valence-electron chi connectivity index (χ2n) is 1.34. The Labute approximate surface area is 53.4 Å². The van der Waals surface area contributed by atoms with Gasteiger partial charge in [0.25, 0.3) is 0 Å². The molecule has 0 aromatic carbocycles. The molecule has 0 heterocycles. The lowest BCUT2D eigenvalue weighted by molar-refractivity contribution is 0.368. The molecule has 8 heavy (non-hydrogen) atoms. The molecule has 46 valence electrons. The second kappa shape index (κ2) is 6.74. The van der Waals surface area contributed by atoms with Gasteiger partial charge in [-0.1, -0.05) is 6.92 Å². The minimum Gasteiger partial charge on any atom is -0.411 e. The van der Waals surface area contributed by atoms with Crippen LogP contribution in [0.4, 0.5) is 0 Å². The summed E-state index contributed by atoms with van der Waals surface area (Å²) < 4.78 is 5.10. The fourth-order valence-electron chi connectivity index (χ4n) is 0.329. The first kappa shape index (κ1) is 7.74. The number of hydrogen-bond acceptors (Lipinski definition) is 1. The normalized spacial score (nSPS) is 9.25. The first-order chi connectivity index (χ1) is 3.91. The van der Waals surface area contributed by atoms with Crippen molar-refractivity contribution in [3.05, 3.63) is 0 Å².